The molecule has 1 heterocycles. The molecule has 1 aliphatic rings. The van der Waals surface area contributed by atoms with E-state index in [1.54, 1.807) is 0 Å². The molecule has 0 aromatic carbocycles. The minimum absolute atomic E-state index is 0.00458. The molecule has 98 valence electrons. The Labute approximate surface area is 103 Å². The predicted octanol–water partition coefficient (Wildman–Crippen LogP) is 0.675. The lowest BCUT2D eigenvalue weighted by Gasteiger charge is -2.30. The van der Waals surface area contributed by atoms with Gasteiger partial charge >= 0.3 is 0 Å². The van der Waals surface area contributed by atoms with E-state index in [1.807, 2.05) is 6.08 Å². The number of carbonyl (C=O) groups excluding carboxylic acids is 1. The summed E-state index contributed by atoms with van der Waals surface area (Å²) in [4.78, 5) is 11.8. The quantitative estimate of drug-likeness (QED) is 0.598. The smallest absolute Gasteiger partial charge is 0.237 e. The minimum Gasteiger partial charge on any atom is -0.395 e. The maximum absolute atomic E-state index is 11.8. The molecular formula is C13H24N2O2. The first kappa shape index (κ1) is 14.2. The summed E-state index contributed by atoms with van der Waals surface area (Å²) in [5, 5.41) is 14.6. The Bertz CT molecular complexity index is 256. The van der Waals surface area contributed by atoms with Crippen LogP contribution in [0.2, 0.25) is 0 Å². The number of aliphatic hydroxyl groups is 1. The Morgan fingerprint density at radius 1 is 1.71 bits per heavy atom. The molecule has 1 saturated heterocycles. The lowest BCUT2D eigenvalue weighted by molar-refractivity contribution is -0.124. The van der Waals surface area contributed by atoms with Crippen LogP contribution in [-0.4, -0.2) is 36.8 Å². The molecule has 0 aromatic rings. The van der Waals surface area contributed by atoms with E-state index in [-0.39, 0.29) is 18.6 Å². The monoisotopic (exact) mass is 240 g/mol. The van der Waals surface area contributed by atoms with Gasteiger partial charge in [-0.05, 0) is 37.6 Å². The summed E-state index contributed by atoms with van der Waals surface area (Å²) in [7, 11) is 0. The molecular weight excluding hydrogens is 216 g/mol. The number of rotatable bonds is 6. The first-order valence-corrected chi connectivity index (χ1v) is 6.41. The van der Waals surface area contributed by atoms with Gasteiger partial charge in [-0.1, -0.05) is 13.0 Å². The highest BCUT2D eigenvalue weighted by molar-refractivity contribution is 5.81. The van der Waals surface area contributed by atoms with Crippen LogP contribution in [0.15, 0.2) is 12.7 Å². The highest BCUT2D eigenvalue weighted by atomic mass is 16.3. The zero-order valence-corrected chi connectivity index (χ0v) is 10.6. The second-order valence-electron chi connectivity index (χ2n) is 4.86. The first-order chi connectivity index (χ1) is 8.17. The maximum Gasteiger partial charge on any atom is 0.237 e. The molecule has 4 heteroatoms. The molecule has 1 amide bonds. The Balaban J connectivity index is 2.37. The number of allylic oxidation sites excluding steroid dienone is 1. The third-order valence-corrected chi connectivity index (χ3v) is 3.35. The Hall–Kier alpha value is -0.870. The van der Waals surface area contributed by atoms with Gasteiger partial charge in [-0.15, -0.1) is 6.58 Å². The molecule has 1 fully saturated rings. The molecule has 1 rings (SSSR count). The van der Waals surface area contributed by atoms with E-state index in [0.29, 0.717) is 18.4 Å². The molecule has 17 heavy (non-hydrogen) atoms. The van der Waals surface area contributed by atoms with Crippen molar-refractivity contribution in [2.75, 3.05) is 19.7 Å². The van der Waals surface area contributed by atoms with Gasteiger partial charge in [0.2, 0.25) is 5.91 Å². The predicted molar refractivity (Wildman–Crippen MR) is 68.6 cm³/mol. The van der Waals surface area contributed by atoms with Crippen LogP contribution in [0.1, 0.15) is 26.2 Å². The van der Waals surface area contributed by atoms with Crippen LogP contribution in [0.25, 0.3) is 0 Å². The van der Waals surface area contributed by atoms with Crippen molar-refractivity contribution >= 4 is 5.91 Å². The zero-order valence-electron chi connectivity index (χ0n) is 10.6. The highest BCUT2D eigenvalue weighted by Gasteiger charge is 2.26. The van der Waals surface area contributed by atoms with Crippen LogP contribution < -0.4 is 10.6 Å². The Morgan fingerprint density at radius 3 is 3.12 bits per heavy atom. The lowest BCUT2D eigenvalue weighted by Crippen LogP contribution is -2.49. The van der Waals surface area contributed by atoms with Gasteiger partial charge in [0, 0.05) is 6.54 Å². The van der Waals surface area contributed by atoms with E-state index < -0.39 is 0 Å². The van der Waals surface area contributed by atoms with Crippen LogP contribution in [0.4, 0.5) is 0 Å². The molecule has 0 aliphatic carbocycles. The molecule has 1 aliphatic heterocycles. The summed E-state index contributed by atoms with van der Waals surface area (Å²) < 4.78 is 0. The molecule has 0 saturated carbocycles. The fourth-order valence-electron chi connectivity index (χ4n) is 2.33. The third kappa shape index (κ3) is 4.88. The van der Waals surface area contributed by atoms with Crippen molar-refractivity contribution < 1.29 is 9.90 Å². The van der Waals surface area contributed by atoms with E-state index in [9.17, 15) is 4.79 Å². The van der Waals surface area contributed by atoms with E-state index in [0.717, 1.165) is 25.8 Å². The average molecular weight is 240 g/mol. The summed E-state index contributed by atoms with van der Waals surface area (Å²) in [6, 6.07) is -0.0997. The SMILES string of the molecule is C=CC(C)CC1CCNC(C(=O)NCCO)C1. The van der Waals surface area contributed by atoms with Crippen LogP contribution in [0.3, 0.4) is 0 Å². The molecule has 3 atom stereocenters. The second-order valence-corrected chi connectivity index (χ2v) is 4.86. The van der Waals surface area contributed by atoms with E-state index in [4.69, 9.17) is 5.11 Å². The number of carbonyl (C=O) groups is 1. The van der Waals surface area contributed by atoms with Crippen LogP contribution >= 0.6 is 0 Å². The number of hydrogen-bond donors (Lipinski definition) is 3. The minimum atomic E-state index is -0.0997. The van der Waals surface area contributed by atoms with Crippen molar-refractivity contribution in [3.8, 4) is 0 Å². The summed E-state index contributed by atoms with van der Waals surface area (Å²) in [5.74, 6) is 1.11. The summed E-state index contributed by atoms with van der Waals surface area (Å²) >= 11 is 0. The summed E-state index contributed by atoms with van der Waals surface area (Å²) in [5.41, 5.74) is 0. The molecule has 0 radical (unpaired) electrons. The number of piperidine rings is 1. The normalized spacial score (nSPS) is 26.2. The first-order valence-electron chi connectivity index (χ1n) is 6.41. The molecule has 3 unspecified atom stereocenters. The standard InChI is InChI=1S/C13H24N2O2/c1-3-10(2)8-11-4-5-14-12(9-11)13(17)15-6-7-16/h3,10-12,14,16H,1,4-9H2,2H3,(H,15,17). The van der Waals surface area contributed by atoms with Gasteiger partial charge in [0.15, 0.2) is 0 Å². The lowest BCUT2D eigenvalue weighted by atomic mass is 9.85. The fraction of sp³-hybridized carbons (Fsp3) is 0.769. The molecule has 0 bridgehead atoms. The maximum atomic E-state index is 11.8. The molecule has 0 spiro atoms. The van der Waals surface area contributed by atoms with Gasteiger partial charge in [0.25, 0.3) is 0 Å². The van der Waals surface area contributed by atoms with Crippen molar-refractivity contribution in [1.82, 2.24) is 10.6 Å². The van der Waals surface area contributed by atoms with E-state index in [2.05, 4.69) is 24.1 Å². The molecule has 3 N–H and O–H groups in total. The van der Waals surface area contributed by atoms with Crippen molar-refractivity contribution in [2.45, 2.75) is 32.2 Å². The van der Waals surface area contributed by atoms with Gasteiger partial charge < -0.3 is 15.7 Å². The van der Waals surface area contributed by atoms with Gasteiger partial charge in [-0.2, -0.15) is 0 Å². The Morgan fingerprint density at radius 2 is 2.47 bits per heavy atom. The fourth-order valence-corrected chi connectivity index (χ4v) is 2.33. The van der Waals surface area contributed by atoms with E-state index >= 15 is 0 Å². The van der Waals surface area contributed by atoms with Gasteiger partial charge in [0.05, 0.1) is 12.6 Å². The highest BCUT2D eigenvalue weighted by Crippen LogP contribution is 2.24. The number of nitrogens with one attached hydrogen (secondary N) is 2. The van der Waals surface area contributed by atoms with Crippen molar-refractivity contribution in [3.63, 3.8) is 0 Å². The van der Waals surface area contributed by atoms with E-state index in [1.165, 1.54) is 0 Å². The number of amides is 1. The van der Waals surface area contributed by atoms with Crippen molar-refractivity contribution in [3.05, 3.63) is 12.7 Å². The van der Waals surface area contributed by atoms with Crippen molar-refractivity contribution in [1.29, 1.82) is 0 Å². The van der Waals surface area contributed by atoms with Crippen LogP contribution in [-0.2, 0) is 4.79 Å². The second kappa shape index (κ2) is 7.45. The third-order valence-electron chi connectivity index (χ3n) is 3.35. The number of aliphatic hydroxyl groups excluding tert-OH is 1. The summed E-state index contributed by atoms with van der Waals surface area (Å²) in [6.07, 6.45) is 5.09. The zero-order chi connectivity index (χ0) is 12.7. The number of hydrogen-bond acceptors (Lipinski definition) is 3. The molecule has 0 aromatic heterocycles. The van der Waals surface area contributed by atoms with Gasteiger partial charge in [-0.25, -0.2) is 0 Å². The average Bonchev–Trinajstić information content (AvgIpc) is 2.36. The van der Waals surface area contributed by atoms with Gasteiger partial charge in [0.1, 0.15) is 0 Å². The topological polar surface area (TPSA) is 61.4 Å². The summed E-state index contributed by atoms with van der Waals surface area (Å²) in [6.45, 7) is 7.19. The van der Waals surface area contributed by atoms with Gasteiger partial charge in [-0.3, -0.25) is 4.79 Å². The largest absolute Gasteiger partial charge is 0.395 e. The van der Waals surface area contributed by atoms with Crippen LogP contribution in [0, 0.1) is 11.8 Å². The Kier molecular flexibility index (Phi) is 6.22. The van der Waals surface area contributed by atoms with Crippen LogP contribution in [0.5, 0.6) is 0 Å². The van der Waals surface area contributed by atoms with Crippen molar-refractivity contribution in [2.24, 2.45) is 11.8 Å². The molecule has 4 nitrogen and oxygen atoms in total.